The maximum absolute atomic E-state index is 12.2. The third kappa shape index (κ3) is 5.67. The van der Waals surface area contributed by atoms with E-state index >= 15 is 0 Å². The van der Waals surface area contributed by atoms with E-state index in [1.807, 2.05) is 24.3 Å². The van der Waals surface area contributed by atoms with Crippen LogP contribution < -0.4 is 4.74 Å². The van der Waals surface area contributed by atoms with Gasteiger partial charge in [0.15, 0.2) is 6.61 Å². The van der Waals surface area contributed by atoms with E-state index in [1.54, 1.807) is 29.2 Å². The van der Waals surface area contributed by atoms with Crippen LogP contribution in [-0.2, 0) is 14.3 Å². The van der Waals surface area contributed by atoms with E-state index in [2.05, 4.69) is 6.92 Å². The van der Waals surface area contributed by atoms with Crippen molar-refractivity contribution in [1.29, 1.82) is 0 Å². The summed E-state index contributed by atoms with van der Waals surface area (Å²) in [7, 11) is 0. The summed E-state index contributed by atoms with van der Waals surface area (Å²) in [6.45, 7) is 4.70. The highest BCUT2D eigenvalue weighted by atomic mass is 16.5. The van der Waals surface area contributed by atoms with E-state index in [-0.39, 0.29) is 18.5 Å². The molecule has 3 rings (SSSR count). The molecule has 0 N–H and O–H groups in total. The lowest BCUT2D eigenvalue weighted by Crippen LogP contribution is -2.41. The number of amides is 1. The van der Waals surface area contributed by atoms with Gasteiger partial charge in [-0.1, -0.05) is 31.2 Å². The molecule has 0 radical (unpaired) electrons. The van der Waals surface area contributed by atoms with Gasteiger partial charge in [0, 0.05) is 20.0 Å². The van der Waals surface area contributed by atoms with Crippen LogP contribution in [0.1, 0.15) is 37.0 Å². The lowest BCUT2D eigenvalue weighted by atomic mass is 10.0. The van der Waals surface area contributed by atoms with Crippen LogP contribution in [-0.4, -0.2) is 42.4 Å². The van der Waals surface area contributed by atoms with Gasteiger partial charge in [-0.05, 0) is 54.2 Å². The second kappa shape index (κ2) is 9.37. The first-order valence-electron chi connectivity index (χ1n) is 9.76. The molecule has 1 heterocycles. The maximum atomic E-state index is 12.2. The Balaban J connectivity index is 1.56. The highest BCUT2D eigenvalue weighted by Gasteiger charge is 2.22. The first-order valence-corrected chi connectivity index (χ1v) is 9.76. The number of nitrogens with zero attached hydrogens (tertiary/aromatic N) is 1. The Morgan fingerprint density at radius 2 is 1.62 bits per heavy atom. The smallest absolute Gasteiger partial charge is 0.338 e. The van der Waals surface area contributed by atoms with E-state index < -0.39 is 5.97 Å². The summed E-state index contributed by atoms with van der Waals surface area (Å²) in [5.74, 6) is -0.0586. The van der Waals surface area contributed by atoms with Gasteiger partial charge >= 0.3 is 11.9 Å². The van der Waals surface area contributed by atoms with E-state index in [0.29, 0.717) is 17.2 Å². The van der Waals surface area contributed by atoms with E-state index in [0.717, 1.165) is 37.1 Å². The van der Waals surface area contributed by atoms with Gasteiger partial charge in [0.2, 0.25) is 0 Å². The number of carbonyl (C=O) groups excluding carboxylic acids is 3. The maximum Gasteiger partial charge on any atom is 0.338 e. The highest BCUT2D eigenvalue weighted by Crippen LogP contribution is 2.23. The van der Waals surface area contributed by atoms with Crippen molar-refractivity contribution in [2.45, 2.75) is 26.7 Å². The fourth-order valence-electron chi connectivity index (χ4n) is 3.40. The second-order valence-corrected chi connectivity index (χ2v) is 7.36. The van der Waals surface area contributed by atoms with Gasteiger partial charge < -0.3 is 14.4 Å². The molecule has 1 fully saturated rings. The Labute approximate surface area is 170 Å². The number of hydrogen-bond acceptors (Lipinski definition) is 5. The summed E-state index contributed by atoms with van der Waals surface area (Å²) >= 11 is 0. The Morgan fingerprint density at radius 3 is 2.21 bits per heavy atom. The first-order chi connectivity index (χ1) is 13.9. The Kier molecular flexibility index (Phi) is 6.65. The zero-order valence-electron chi connectivity index (χ0n) is 16.7. The van der Waals surface area contributed by atoms with Crippen LogP contribution in [0.15, 0.2) is 48.5 Å². The van der Waals surface area contributed by atoms with Crippen molar-refractivity contribution in [2.75, 3.05) is 19.7 Å². The summed E-state index contributed by atoms with van der Waals surface area (Å²) < 4.78 is 10.2. The molecule has 2 aromatic carbocycles. The zero-order chi connectivity index (χ0) is 20.8. The summed E-state index contributed by atoms with van der Waals surface area (Å²) in [6, 6.07) is 14.1. The molecule has 0 aromatic heterocycles. The van der Waals surface area contributed by atoms with Crippen molar-refractivity contribution in [2.24, 2.45) is 5.92 Å². The molecule has 1 aliphatic rings. The third-order valence-corrected chi connectivity index (χ3v) is 4.91. The summed E-state index contributed by atoms with van der Waals surface area (Å²) in [5.41, 5.74) is 2.23. The van der Waals surface area contributed by atoms with Crippen LogP contribution in [0.2, 0.25) is 0 Å². The van der Waals surface area contributed by atoms with Crippen molar-refractivity contribution >= 4 is 17.8 Å². The predicted octanol–water partition coefficient (Wildman–Crippen LogP) is 3.69. The minimum Gasteiger partial charge on any atom is -0.452 e. The minimum atomic E-state index is -0.514. The van der Waals surface area contributed by atoms with Gasteiger partial charge in [0.05, 0.1) is 5.56 Å². The zero-order valence-corrected chi connectivity index (χ0v) is 16.7. The predicted molar refractivity (Wildman–Crippen MR) is 108 cm³/mol. The average molecular weight is 395 g/mol. The monoisotopic (exact) mass is 395 g/mol. The van der Waals surface area contributed by atoms with Crippen molar-refractivity contribution in [3.8, 4) is 16.9 Å². The van der Waals surface area contributed by atoms with E-state index in [1.165, 1.54) is 6.92 Å². The third-order valence-electron chi connectivity index (χ3n) is 4.91. The molecule has 152 valence electrons. The van der Waals surface area contributed by atoms with E-state index in [4.69, 9.17) is 9.47 Å². The number of piperidine rings is 1. The minimum absolute atomic E-state index is 0.144. The molecule has 29 heavy (non-hydrogen) atoms. The van der Waals surface area contributed by atoms with Crippen LogP contribution >= 0.6 is 0 Å². The summed E-state index contributed by atoms with van der Waals surface area (Å²) in [4.78, 5) is 37.2. The lowest BCUT2D eigenvalue weighted by molar-refractivity contribution is -0.136. The first kappa shape index (κ1) is 20.6. The fraction of sp³-hybridized carbons (Fsp3) is 0.348. The van der Waals surface area contributed by atoms with Gasteiger partial charge in [-0.3, -0.25) is 9.59 Å². The molecular weight excluding hydrogens is 370 g/mol. The number of ether oxygens (including phenoxy) is 2. The number of benzene rings is 2. The number of carbonyl (C=O) groups is 3. The van der Waals surface area contributed by atoms with Crippen molar-refractivity contribution in [1.82, 2.24) is 4.90 Å². The number of rotatable bonds is 5. The molecule has 0 bridgehead atoms. The van der Waals surface area contributed by atoms with Crippen LogP contribution in [0.3, 0.4) is 0 Å². The molecule has 0 saturated carbocycles. The number of hydrogen-bond donors (Lipinski definition) is 0. The van der Waals surface area contributed by atoms with Crippen molar-refractivity contribution < 1.29 is 23.9 Å². The van der Waals surface area contributed by atoms with Gasteiger partial charge in [0.25, 0.3) is 5.91 Å². The molecule has 6 heteroatoms. The Morgan fingerprint density at radius 1 is 1.00 bits per heavy atom. The summed E-state index contributed by atoms with van der Waals surface area (Å²) in [5, 5.41) is 0. The number of likely N-dealkylation sites (tertiary alicyclic amines) is 1. The van der Waals surface area contributed by atoms with Crippen LogP contribution in [0.5, 0.6) is 5.75 Å². The van der Waals surface area contributed by atoms with Gasteiger partial charge in [-0.2, -0.15) is 0 Å². The molecule has 6 nitrogen and oxygen atoms in total. The highest BCUT2D eigenvalue weighted by molar-refractivity contribution is 5.92. The van der Waals surface area contributed by atoms with Crippen LogP contribution in [0.4, 0.5) is 0 Å². The molecule has 2 aromatic rings. The quantitative estimate of drug-likeness (QED) is 0.570. The Hall–Kier alpha value is -3.15. The molecule has 1 atom stereocenters. The average Bonchev–Trinajstić information content (AvgIpc) is 2.72. The molecule has 1 amide bonds. The topological polar surface area (TPSA) is 72.9 Å². The van der Waals surface area contributed by atoms with Crippen molar-refractivity contribution in [3.05, 3.63) is 54.1 Å². The van der Waals surface area contributed by atoms with Crippen LogP contribution in [0, 0.1) is 5.92 Å². The van der Waals surface area contributed by atoms with Gasteiger partial charge in [-0.15, -0.1) is 0 Å². The van der Waals surface area contributed by atoms with Crippen LogP contribution in [0.25, 0.3) is 11.1 Å². The largest absolute Gasteiger partial charge is 0.452 e. The second-order valence-electron chi connectivity index (χ2n) is 7.36. The molecule has 0 spiro atoms. The molecule has 1 saturated heterocycles. The number of esters is 2. The van der Waals surface area contributed by atoms with Gasteiger partial charge in [0.1, 0.15) is 5.75 Å². The van der Waals surface area contributed by atoms with Crippen molar-refractivity contribution in [3.63, 3.8) is 0 Å². The SMILES string of the molecule is CC(=O)Oc1ccc(-c2ccc(C(=O)OCC(=O)N3CCC[C@H](C)C3)cc2)cc1. The van der Waals surface area contributed by atoms with E-state index in [9.17, 15) is 14.4 Å². The standard InChI is InChI=1S/C23H25NO5/c1-16-4-3-13-24(14-16)22(26)15-28-23(27)20-7-5-18(6-8-20)19-9-11-21(12-10-19)29-17(2)25/h5-12,16H,3-4,13-15H2,1-2H3/t16-/m0/s1. The molecule has 1 aliphatic heterocycles. The molecule has 0 unspecified atom stereocenters. The lowest BCUT2D eigenvalue weighted by Gasteiger charge is -2.30. The molecular formula is C23H25NO5. The Bertz CT molecular complexity index is 873. The summed E-state index contributed by atoms with van der Waals surface area (Å²) in [6.07, 6.45) is 2.12. The molecule has 0 aliphatic carbocycles. The van der Waals surface area contributed by atoms with Gasteiger partial charge in [-0.25, -0.2) is 4.79 Å². The fourth-order valence-corrected chi connectivity index (χ4v) is 3.40. The normalized spacial score (nSPS) is 16.2.